The highest BCUT2D eigenvalue weighted by Crippen LogP contribution is 2.23. The zero-order chi connectivity index (χ0) is 14.5. The Morgan fingerprint density at radius 2 is 2.25 bits per heavy atom. The van der Waals surface area contributed by atoms with E-state index in [1.165, 1.54) is 13.3 Å². The number of nitrogens with zero attached hydrogens (tertiary/aromatic N) is 2. The Balaban J connectivity index is 2.08. The number of thiazole rings is 1. The third-order valence-electron chi connectivity index (χ3n) is 2.47. The number of aromatic hydroxyl groups is 1. The summed E-state index contributed by atoms with van der Waals surface area (Å²) >= 11 is 1.16. The van der Waals surface area contributed by atoms with Gasteiger partial charge in [0.2, 0.25) is 5.13 Å². The number of phenols is 1. The lowest BCUT2D eigenvalue weighted by molar-refractivity contribution is 0.0605. The number of aryl methyl sites for hydroxylation is 1. The second kappa shape index (κ2) is 6.16. The average molecular weight is 291 g/mol. The molecule has 2 rings (SSSR count). The molecule has 0 fully saturated rings. The predicted octanol–water partition coefficient (Wildman–Crippen LogP) is 2.39. The largest absolute Gasteiger partial charge is 0.507 e. The number of phenolic OH excluding ortho intramolecular Hbond substituents is 1. The summed E-state index contributed by atoms with van der Waals surface area (Å²) in [5, 5.41) is 14.0. The highest BCUT2D eigenvalue weighted by Gasteiger charge is 2.15. The zero-order valence-electron chi connectivity index (χ0n) is 11.0. The zero-order valence-corrected chi connectivity index (χ0v) is 11.8. The molecule has 0 spiro atoms. The molecule has 1 aromatic carbocycles. The van der Waals surface area contributed by atoms with Crippen LogP contribution < -0.4 is 5.43 Å². The van der Waals surface area contributed by atoms with Crippen molar-refractivity contribution in [1.82, 2.24) is 4.98 Å². The third-order valence-corrected chi connectivity index (χ3v) is 3.51. The van der Waals surface area contributed by atoms with Gasteiger partial charge in [0.05, 0.1) is 19.0 Å². The fraction of sp³-hybridized carbons (Fsp3) is 0.154. The molecule has 0 radical (unpaired) electrons. The first-order chi connectivity index (χ1) is 9.61. The summed E-state index contributed by atoms with van der Waals surface area (Å²) in [5.74, 6) is -0.277. The third kappa shape index (κ3) is 3.12. The second-order valence-electron chi connectivity index (χ2n) is 3.85. The number of rotatable bonds is 4. The number of methoxy groups -OCH3 is 1. The lowest BCUT2D eigenvalue weighted by atomic mass is 10.2. The van der Waals surface area contributed by atoms with Gasteiger partial charge in [0.25, 0.3) is 0 Å². The highest BCUT2D eigenvalue weighted by molar-refractivity contribution is 7.17. The van der Waals surface area contributed by atoms with Crippen molar-refractivity contribution in [3.63, 3.8) is 0 Å². The van der Waals surface area contributed by atoms with E-state index < -0.39 is 5.97 Å². The van der Waals surface area contributed by atoms with Gasteiger partial charge in [-0.15, -0.1) is 0 Å². The van der Waals surface area contributed by atoms with Crippen LogP contribution in [0.5, 0.6) is 5.75 Å². The van der Waals surface area contributed by atoms with Gasteiger partial charge in [0.1, 0.15) is 10.6 Å². The lowest BCUT2D eigenvalue weighted by Gasteiger charge is -1.97. The summed E-state index contributed by atoms with van der Waals surface area (Å²) in [6, 6.07) is 6.83. The van der Waals surface area contributed by atoms with E-state index >= 15 is 0 Å². The van der Waals surface area contributed by atoms with Gasteiger partial charge in [-0.2, -0.15) is 5.10 Å². The number of nitrogens with one attached hydrogen (secondary N) is 1. The number of hydrogen-bond donors (Lipinski definition) is 2. The van der Waals surface area contributed by atoms with Crippen LogP contribution in [0.3, 0.4) is 0 Å². The molecule has 0 saturated carbocycles. The molecule has 6 nitrogen and oxygen atoms in total. The fourth-order valence-electron chi connectivity index (χ4n) is 1.48. The minimum atomic E-state index is -0.419. The van der Waals surface area contributed by atoms with Crippen LogP contribution in [0.15, 0.2) is 29.4 Å². The maximum Gasteiger partial charge on any atom is 0.350 e. The summed E-state index contributed by atoms with van der Waals surface area (Å²) < 4.78 is 4.65. The Labute approximate surface area is 119 Å². The molecule has 0 saturated heterocycles. The van der Waals surface area contributed by atoms with Gasteiger partial charge in [-0.05, 0) is 19.1 Å². The summed E-state index contributed by atoms with van der Waals surface area (Å²) in [6.45, 7) is 1.72. The normalized spacial score (nSPS) is 10.7. The van der Waals surface area contributed by atoms with Gasteiger partial charge in [-0.1, -0.05) is 23.5 Å². The molecule has 0 amide bonds. The summed E-state index contributed by atoms with van der Waals surface area (Å²) in [7, 11) is 1.32. The molecule has 20 heavy (non-hydrogen) atoms. The molecule has 0 aliphatic heterocycles. The predicted molar refractivity (Wildman–Crippen MR) is 77.5 cm³/mol. The topological polar surface area (TPSA) is 83.8 Å². The number of carbonyl (C=O) groups excluding carboxylic acids is 1. The molecule has 0 bridgehead atoms. The van der Waals surface area contributed by atoms with E-state index in [1.807, 2.05) is 0 Å². The monoisotopic (exact) mass is 291 g/mol. The average Bonchev–Trinajstić information content (AvgIpc) is 2.81. The Hall–Kier alpha value is -2.41. The highest BCUT2D eigenvalue weighted by atomic mass is 32.1. The molecule has 7 heteroatoms. The molecular weight excluding hydrogens is 278 g/mol. The standard InChI is InChI=1S/C13H13N3O3S/c1-8-11(12(18)19-2)20-13(15-8)16-14-7-9-5-3-4-6-10(9)17/h3-7,17H,1-2H3,(H,15,16)/b14-7+. The van der Waals surface area contributed by atoms with Gasteiger partial charge in [-0.25, -0.2) is 9.78 Å². The first-order valence-electron chi connectivity index (χ1n) is 5.74. The number of benzene rings is 1. The van der Waals surface area contributed by atoms with Gasteiger partial charge >= 0.3 is 5.97 Å². The number of aromatic nitrogens is 1. The van der Waals surface area contributed by atoms with Crippen LogP contribution in [0.2, 0.25) is 0 Å². The van der Waals surface area contributed by atoms with Crippen LogP contribution in [0, 0.1) is 6.92 Å². The van der Waals surface area contributed by atoms with E-state index in [0.717, 1.165) is 11.3 Å². The van der Waals surface area contributed by atoms with Crippen molar-refractivity contribution in [1.29, 1.82) is 0 Å². The van der Waals surface area contributed by atoms with E-state index in [0.29, 0.717) is 21.3 Å². The molecule has 104 valence electrons. The maximum absolute atomic E-state index is 11.4. The first-order valence-corrected chi connectivity index (χ1v) is 6.56. The van der Waals surface area contributed by atoms with E-state index in [1.54, 1.807) is 31.2 Å². The number of esters is 1. The molecule has 1 heterocycles. The van der Waals surface area contributed by atoms with E-state index in [-0.39, 0.29) is 5.75 Å². The van der Waals surface area contributed by atoms with Crippen molar-refractivity contribution in [2.75, 3.05) is 12.5 Å². The summed E-state index contributed by atoms with van der Waals surface area (Å²) in [4.78, 5) is 16.0. The molecule has 0 unspecified atom stereocenters. The smallest absolute Gasteiger partial charge is 0.350 e. The van der Waals surface area contributed by atoms with Crippen molar-refractivity contribution in [3.8, 4) is 5.75 Å². The molecule has 0 aliphatic carbocycles. The van der Waals surface area contributed by atoms with Crippen LogP contribution in [-0.4, -0.2) is 29.4 Å². The van der Waals surface area contributed by atoms with Gasteiger partial charge < -0.3 is 9.84 Å². The lowest BCUT2D eigenvalue weighted by Crippen LogP contribution is -1.99. The van der Waals surface area contributed by atoms with Gasteiger partial charge in [0.15, 0.2) is 0 Å². The van der Waals surface area contributed by atoms with Crippen LogP contribution in [-0.2, 0) is 4.74 Å². The minimum Gasteiger partial charge on any atom is -0.507 e. The number of carbonyl (C=O) groups is 1. The fourth-order valence-corrected chi connectivity index (χ4v) is 2.31. The number of ether oxygens (including phenoxy) is 1. The molecule has 1 aromatic heterocycles. The number of para-hydroxylation sites is 1. The minimum absolute atomic E-state index is 0.142. The van der Waals surface area contributed by atoms with Crippen LogP contribution >= 0.6 is 11.3 Å². The first kappa shape index (κ1) is 14.0. The maximum atomic E-state index is 11.4. The number of anilines is 1. The quantitative estimate of drug-likeness (QED) is 0.513. The van der Waals surface area contributed by atoms with Crippen molar-refractivity contribution < 1.29 is 14.6 Å². The van der Waals surface area contributed by atoms with Gasteiger partial charge in [0, 0.05) is 5.56 Å². The molecule has 0 atom stereocenters. The van der Waals surface area contributed by atoms with Crippen LogP contribution in [0.1, 0.15) is 20.9 Å². The molecular formula is C13H13N3O3S. The van der Waals surface area contributed by atoms with Crippen molar-refractivity contribution >= 4 is 28.7 Å². The Bertz CT molecular complexity index is 652. The van der Waals surface area contributed by atoms with Gasteiger partial charge in [-0.3, -0.25) is 5.43 Å². The van der Waals surface area contributed by atoms with Crippen molar-refractivity contribution in [3.05, 3.63) is 40.4 Å². The number of hydrogen-bond acceptors (Lipinski definition) is 7. The second-order valence-corrected chi connectivity index (χ2v) is 4.85. The van der Waals surface area contributed by atoms with E-state index in [2.05, 4.69) is 20.2 Å². The Morgan fingerprint density at radius 3 is 2.95 bits per heavy atom. The summed E-state index contributed by atoms with van der Waals surface area (Å²) in [5.41, 5.74) is 3.89. The molecule has 2 aromatic rings. The molecule has 2 N–H and O–H groups in total. The van der Waals surface area contributed by atoms with E-state index in [4.69, 9.17) is 0 Å². The Kier molecular flexibility index (Phi) is 4.31. The van der Waals surface area contributed by atoms with Crippen LogP contribution in [0.25, 0.3) is 0 Å². The van der Waals surface area contributed by atoms with E-state index in [9.17, 15) is 9.90 Å². The molecule has 0 aliphatic rings. The van der Waals surface area contributed by atoms with Crippen molar-refractivity contribution in [2.45, 2.75) is 6.92 Å². The summed E-state index contributed by atoms with van der Waals surface area (Å²) in [6.07, 6.45) is 1.48. The number of hydrazone groups is 1. The van der Waals surface area contributed by atoms with Crippen LogP contribution in [0.4, 0.5) is 5.13 Å². The van der Waals surface area contributed by atoms with Crippen molar-refractivity contribution in [2.24, 2.45) is 5.10 Å². The Morgan fingerprint density at radius 1 is 1.50 bits per heavy atom. The SMILES string of the molecule is COC(=O)c1sc(N/N=C/c2ccccc2O)nc1C.